The molecule has 4 fully saturated rings. The van der Waals surface area contributed by atoms with Crippen molar-refractivity contribution in [1.82, 2.24) is 0 Å². The molecule has 2 N–H and O–H groups in total. The zero-order valence-corrected chi connectivity index (χ0v) is 14.8. The molecule has 0 spiro atoms. The number of ether oxygens (including phenoxy) is 1. The predicted octanol–water partition coefficient (Wildman–Crippen LogP) is 3.74. The van der Waals surface area contributed by atoms with Crippen LogP contribution in [0.15, 0.2) is 11.8 Å². The lowest BCUT2D eigenvalue weighted by atomic mass is 9.45. The molecule has 7 atom stereocenters. The van der Waals surface area contributed by atoms with Gasteiger partial charge in [0.25, 0.3) is 0 Å². The fraction of sp³-hybridized carbons (Fsp3) is 0.850. The molecule has 0 aromatic carbocycles. The molecule has 0 unspecified atom stereocenters. The molecule has 24 heavy (non-hydrogen) atoms. The third-order valence-corrected chi connectivity index (χ3v) is 8.15. The highest BCUT2D eigenvalue weighted by atomic mass is 16.6. The summed E-state index contributed by atoms with van der Waals surface area (Å²) in [5.74, 6) is 1.82. The van der Waals surface area contributed by atoms with E-state index in [1.54, 1.807) is 0 Å². The second kappa shape index (κ2) is 5.48. The largest absolute Gasteiger partial charge is 0.515 e. The fourth-order valence-electron chi connectivity index (χ4n) is 6.72. The van der Waals surface area contributed by atoms with Crippen LogP contribution in [-0.4, -0.2) is 27.9 Å². The van der Waals surface area contributed by atoms with E-state index < -0.39 is 0 Å². The molecule has 0 radical (unpaired) electrons. The van der Waals surface area contributed by atoms with Gasteiger partial charge in [0.15, 0.2) is 0 Å². The molecule has 0 bridgehead atoms. The molecule has 0 amide bonds. The zero-order chi connectivity index (χ0) is 17.1. The molecule has 4 rings (SSSR count). The maximum absolute atomic E-state index is 12.1. The SMILES string of the molecule is C[C@]12CC[C@H](O)C[C@@H]1CC[C@H]1[C@H]3C/C(=C\O)C(=O)O[C@]3(C)CC[C@@H]12. The molecule has 1 saturated heterocycles. The lowest BCUT2D eigenvalue weighted by molar-refractivity contribution is -0.196. The van der Waals surface area contributed by atoms with Gasteiger partial charge in [0.2, 0.25) is 0 Å². The standard InChI is InChI=1S/C20H30O4/c1-19-7-5-14(22)10-13(19)3-4-15-16(19)6-8-20(2)17(15)9-12(11-21)18(23)24-20/h11,13-17,21-22H,3-10H2,1-2H3/b12-11+/t13-,14-,15+,16-,17+,19-,20+/m0/s1. The van der Waals surface area contributed by atoms with Crippen LogP contribution in [0.3, 0.4) is 0 Å². The first-order chi connectivity index (χ1) is 11.4. The van der Waals surface area contributed by atoms with Crippen molar-refractivity contribution in [3.05, 3.63) is 11.8 Å². The number of hydrogen-bond donors (Lipinski definition) is 2. The molecule has 0 aromatic rings. The topological polar surface area (TPSA) is 66.8 Å². The summed E-state index contributed by atoms with van der Waals surface area (Å²) in [6.45, 7) is 4.54. The van der Waals surface area contributed by atoms with Crippen molar-refractivity contribution in [1.29, 1.82) is 0 Å². The predicted molar refractivity (Wildman–Crippen MR) is 90.2 cm³/mol. The molecule has 134 valence electrons. The first-order valence-corrected chi connectivity index (χ1v) is 9.62. The Kier molecular flexibility index (Phi) is 3.76. The molecule has 4 nitrogen and oxygen atoms in total. The summed E-state index contributed by atoms with van der Waals surface area (Å²) in [6, 6.07) is 0. The Morgan fingerprint density at radius 3 is 2.67 bits per heavy atom. The molecule has 1 heterocycles. The number of carbonyl (C=O) groups is 1. The Hall–Kier alpha value is -1.03. The van der Waals surface area contributed by atoms with Crippen molar-refractivity contribution in [2.45, 2.75) is 76.9 Å². The smallest absolute Gasteiger partial charge is 0.337 e. The number of fused-ring (bicyclic) bond motifs is 5. The molecule has 0 aromatic heterocycles. The van der Waals surface area contributed by atoms with E-state index in [2.05, 4.69) is 13.8 Å². The van der Waals surface area contributed by atoms with Crippen LogP contribution in [0.5, 0.6) is 0 Å². The summed E-state index contributed by atoms with van der Waals surface area (Å²) in [4.78, 5) is 12.1. The summed E-state index contributed by atoms with van der Waals surface area (Å²) in [5.41, 5.74) is 0.375. The van der Waals surface area contributed by atoms with Gasteiger partial charge in [0.1, 0.15) is 5.60 Å². The van der Waals surface area contributed by atoms with E-state index in [0.29, 0.717) is 41.1 Å². The van der Waals surface area contributed by atoms with Crippen LogP contribution in [0.1, 0.15) is 65.2 Å². The number of carbonyl (C=O) groups excluding carboxylic acids is 1. The minimum Gasteiger partial charge on any atom is -0.515 e. The monoisotopic (exact) mass is 334 g/mol. The van der Waals surface area contributed by atoms with Gasteiger partial charge >= 0.3 is 5.97 Å². The molecule has 1 aliphatic heterocycles. The Labute approximate surface area is 144 Å². The van der Waals surface area contributed by atoms with Gasteiger partial charge in [-0.25, -0.2) is 4.79 Å². The van der Waals surface area contributed by atoms with Gasteiger partial charge in [0.05, 0.1) is 17.9 Å². The van der Waals surface area contributed by atoms with Gasteiger partial charge in [-0.2, -0.15) is 0 Å². The van der Waals surface area contributed by atoms with Crippen molar-refractivity contribution in [2.24, 2.45) is 29.1 Å². The first-order valence-electron chi connectivity index (χ1n) is 9.62. The van der Waals surface area contributed by atoms with Crippen LogP contribution >= 0.6 is 0 Å². The molecule has 3 saturated carbocycles. The number of aliphatic hydroxyl groups is 2. The van der Waals surface area contributed by atoms with Crippen LogP contribution in [0.25, 0.3) is 0 Å². The summed E-state index contributed by atoms with van der Waals surface area (Å²) in [6.07, 6.45) is 8.86. The maximum atomic E-state index is 12.1. The van der Waals surface area contributed by atoms with E-state index in [-0.39, 0.29) is 17.7 Å². The van der Waals surface area contributed by atoms with E-state index >= 15 is 0 Å². The average molecular weight is 334 g/mol. The fourth-order valence-corrected chi connectivity index (χ4v) is 6.72. The summed E-state index contributed by atoms with van der Waals surface area (Å²) in [5, 5.41) is 19.5. The number of esters is 1. The van der Waals surface area contributed by atoms with Crippen LogP contribution in [0.4, 0.5) is 0 Å². The summed E-state index contributed by atoms with van der Waals surface area (Å²) < 4.78 is 5.81. The zero-order valence-electron chi connectivity index (χ0n) is 14.8. The molecular formula is C20H30O4. The van der Waals surface area contributed by atoms with Crippen molar-refractivity contribution >= 4 is 5.97 Å². The number of hydrogen-bond acceptors (Lipinski definition) is 4. The lowest BCUT2D eigenvalue weighted by Gasteiger charge is -2.61. The average Bonchev–Trinajstić information content (AvgIpc) is 2.54. The number of rotatable bonds is 0. The molecular weight excluding hydrogens is 304 g/mol. The Morgan fingerprint density at radius 1 is 1.12 bits per heavy atom. The van der Waals surface area contributed by atoms with Crippen LogP contribution in [0, 0.1) is 29.1 Å². The van der Waals surface area contributed by atoms with Crippen molar-refractivity contribution in [3.8, 4) is 0 Å². The van der Waals surface area contributed by atoms with E-state index in [4.69, 9.17) is 4.74 Å². The Morgan fingerprint density at radius 2 is 1.92 bits per heavy atom. The highest BCUT2D eigenvalue weighted by Crippen LogP contribution is 2.63. The van der Waals surface area contributed by atoms with Crippen LogP contribution in [0.2, 0.25) is 0 Å². The van der Waals surface area contributed by atoms with E-state index in [1.807, 2.05) is 0 Å². The molecule has 4 aliphatic rings. The second-order valence-electron chi connectivity index (χ2n) is 9.18. The quantitative estimate of drug-likeness (QED) is 0.402. The highest BCUT2D eigenvalue weighted by Gasteiger charge is 2.59. The summed E-state index contributed by atoms with van der Waals surface area (Å²) >= 11 is 0. The molecule has 4 heteroatoms. The maximum Gasteiger partial charge on any atom is 0.337 e. The van der Waals surface area contributed by atoms with Gasteiger partial charge in [-0.05, 0) is 81.5 Å². The second-order valence-corrected chi connectivity index (χ2v) is 9.18. The normalized spacial score (nSPS) is 52.9. The lowest BCUT2D eigenvalue weighted by Crippen LogP contribution is -2.58. The van der Waals surface area contributed by atoms with Crippen molar-refractivity contribution < 1.29 is 19.7 Å². The Bertz CT molecular complexity index is 570. The molecule has 3 aliphatic carbocycles. The first kappa shape index (κ1) is 16.4. The highest BCUT2D eigenvalue weighted by molar-refractivity contribution is 5.89. The van der Waals surface area contributed by atoms with Gasteiger partial charge in [0, 0.05) is 5.92 Å². The minimum absolute atomic E-state index is 0.118. The summed E-state index contributed by atoms with van der Waals surface area (Å²) in [7, 11) is 0. The number of aliphatic hydroxyl groups excluding tert-OH is 2. The van der Waals surface area contributed by atoms with E-state index in [1.165, 1.54) is 6.42 Å². The van der Waals surface area contributed by atoms with Gasteiger partial charge < -0.3 is 14.9 Å². The third kappa shape index (κ3) is 2.25. The van der Waals surface area contributed by atoms with Gasteiger partial charge in [-0.3, -0.25) is 0 Å². The van der Waals surface area contributed by atoms with Crippen LogP contribution < -0.4 is 0 Å². The minimum atomic E-state index is -0.373. The van der Waals surface area contributed by atoms with Crippen molar-refractivity contribution in [2.75, 3.05) is 0 Å². The van der Waals surface area contributed by atoms with Crippen molar-refractivity contribution in [3.63, 3.8) is 0 Å². The Balaban J connectivity index is 1.64. The van der Waals surface area contributed by atoms with Gasteiger partial charge in [-0.15, -0.1) is 0 Å². The van der Waals surface area contributed by atoms with E-state index in [0.717, 1.165) is 44.8 Å². The van der Waals surface area contributed by atoms with E-state index in [9.17, 15) is 15.0 Å². The third-order valence-electron chi connectivity index (χ3n) is 8.15. The van der Waals surface area contributed by atoms with Gasteiger partial charge in [-0.1, -0.05) is 6.92 Å². The van der Waals surface area contributed by atoms with Crippen LogP contribution in [-0.2, 0) is 9.53 Å².